The van der Waals surface area contributed by atoms with E-state index in [-0.39, 0.29) is 30.3 Å². The Balaban J connectivity index is 1.10. The number of carbonyl (C=O) groups is 2. The number of hydrogen-bond donors (Lipinski definition) is 1. The van der Waals surface area contributed by atoms with Gasteiger partial charge in [-0.2, -0.15) is 0 Å². The van der Waals surface area contributed by atoms with Crippen molar-refractivity contribution in [3.8, 4) is 11.5 Å². The Labute approximate surface area is 186 Å². The van der Waals surface area contributed by atoms with Crippen molar-refractivity contribution in [2.24, 2.45) is 5.92 Å². The molecule has 0 bridgehead atoms. The molecule has 1 atom stereocenters. The SMILES string of the molecule is C[C@@H]1CC(=O)c2cnc(NC(=O)CN3CCN(Cc4ccc5c(c4)OCO5)CC3)nc2C1. The number of nitrogens with one attached hydrogen (secondary N) is 1. The Bertz CT molecular complexity index is 1040. The van der Waals surface area contributed by atoms with Crippen LogP contribution < -0.4 is 14.8 Å². The quantitative estimate of drug-likeness (QED) is 0.756. The number of rotatable bonds is 5. The Hall–Kier alpha value is -3.04. The van der Waals surface area contributed by atoms with Crippen molar-refractivity contribution in [1.29, 1.82) is 0 Å². The van der Waals surface area contributed by atoms with Crippen LogP contribution >= 0.6 is 0 Å². The molecule has 5 rings (SSSR count). The molecule has 0 saturated carbocycles. The van der Waals surface area contributed by atoms with Crippen LogP contribution in [0.4, 0.5) is 5.95 Å². The minimum absolute atomic E-state index is 0.0789. The zero-order chi connectivity index (χ0) is 22.1. The van der Waals surface area contributed by atoms with E-state index in [1.54, 1.807) is 6.20 Å². The molecule has 1 fully saturated rings. The van der Waals surface area contributed by atoms with Crippen LogP contribution in [0.15, 0.2) is 24.4 Å². The average molecular weight is 438 g/mol. The fraction of sp³-hybridized carbons (Fsp3) is 0.478. The maximum atomic E-state index is 12.5. The molecule has 1 aliphatic carbocycles. The first-order valence-electron chi connectivity index (χ1n) is 11.1. The molecule has 9 heteroatoms. The monoisotopic (exact) mass is 437 g/mol. The number of ketones is 1. The summed E-state index contributed by atoms with van der Waals surface area (Å²) in [5.41, 5.74) is 2.51. The second kappa shape index (κ2) is 8.84. The fourth-order valence-electron chi connectivity index (χ4n) is 4.46. The molecule has 3 heterocycles. The third-order valence-corrected chi connectivity index (χ3v) is 6.17. The van der Waals surface area contributed by atoms with Gasteiger partial charge in [-0.05, 0) is 30.0 Å². The summed E-state index contributed by atoms with van der Waals surface area (Å²) in [5.74, 6) is 2.09. The van der Waals surface area contributed by atoms with Crippen molar-refractivity contribution in [3.63, 3.8) is 0 Å². The van der Waals surface area contributed by atoms with E-state index in [2.05, 4.69) is 31.2 Å². The molecule has 168 valence electrons. The van der Waals surface area contributed by atoms with Gasteiger partial charge >= 0.3 is 0 Å². The van der Waals surface area contributed by atoms with Gasteiger partial charge in [-0.25, -0.2) is 9.97 Å². The van der Waals surface area contributed by atoms with E-state index in [9.17, 15) is 9.59 Å². The molecular weight excluding hydrogens is 410 g/mol. The van der Waals surface area contributed by atoms with E-state index in [0.717, 1.165) is 56.3 Å². The van der Waals surface area contributed by atoms with Crippen LogP contribution in [0, 0.1) is 5.92 Å². The van der Waals surface area contributed by atoms with Gasteiger partial charge in [-0.15, -0.1) is 0 Å². The van der Waals surface area contributed by atoms with E-state index in [1.807, 2.05) is 19.1 Å². The molecule has 2 aromatic rings. The molecule has 1 saturated heterocycles. The number of hydrogen-bond acceptors (Lipinski definition) is 8. The van der Waals surface area contributed by atoms with Crippen molar-refractivity contribution < 1.29 is 19.1 Å². The van der Waals surface area contributed by atoms with Crippen LogP contribution in [0.2, 0.25) is 0 Å². The van der Waals surface area contributed by atoms with Gasteiger partial charge in [0.1, 0.15) is 0 Å². The summed E-state index contributed by atoms with van der Waals surface area (Å²) in [7, 11) is 0. The number of benzene rings is 1. The topological polar surface area (TPSA) is 96.9 Å². The summed E-state index contributed by atoms with van der Waals surface area (Å²) in [6.07, 6.45) is 2.81. The van der Waals surface area contributed by atoms with Gasteiger partial charge in [0.25, 0.3) is 0 Å². The normalized spacial score (nSPS) is 20.8. The van der Waals surface area contributed by atoms with E-state index >= 15 is 0 Å². The molecule has 0 spiro atoms. The highest BCUT2D eigenvalue weighted by Crippen LogP contribution is 2.32. The first-order valence-corrected chi connectivity index (χ1v) is 11.1. The van der Waals surface area contributed by atoms with Gasteiger partial charge in [0, 0.05) is 45.3 Å². The number of nitrogens with zero attached hydrogens (tertiary/aromatic N) is 4. The van der Waals surface area contributed by atoms with Crippen LogP contribution in [-0.4, -0.2) is 71.0 Å². The summed E-state index contributed by atoms with van der Waals surface area (Å²) in [4.78, 5) is 37.7. The number of ether oxygens (including phenoxy) is 2. The molecule has 0 radical (unpaired) electrons. The third-order valence-electron chi connectivity index (χ3n) is 6.17. The standard InChI is InChI=1S/C23H27N5O4/c1-15-8-18-17(19(29)9-15)11-24-23(25-18)26-22(30)13-28-6-4-27(5-7-28)12-16-2-3-20-21(10-16)32-14-31-20/h2-3,10-11,15H,4-9,12-14H2,1H3,(H,24,25,26,30)/t15-/m0/s1. The molecule has 1 aromatic heterocycles. The van der Waals surface area contributed by atoms with Gasteiger partial charge < -0.3 is 9.47 Å². The number of piperazine rings is 1. The smallest absolute Gasteiger partial charge is 0.240 e. The first-order chi connectivity index (χ1) is 15.5. The minimum Gasteiger partial charge on any atom is -0.454 e. The van der Waals surface area contributed by atoms with E-state index in [1.165, 1.54) is 5.56 Å². The van der Waals surface area contributed by atoms with E-state index < -0.39 is 0 Å². The van der Waals surface area contributed by atoms with Crippen molar-refractivity contribution >= 4 is 17.6 Å². The second-order valence-corrected chi connectivity index (χ2v) is 8.78. The van der Waals surface area contributed by atoms with Crippen LogP contribution in [0.5, 0.6) is 11.5 Å². The summed E-state index contributed by atoms with van der Waals surface area (Å²) >= 11 is 0. The van der Waals surface area contributed by atoms with Gasteiger partial charge in [0.05, 0.1) is 17.8 Å². The molecule has 0 unspecified atom stereocenters. The second-order valence-electron chi connectivity index (χ2n) is 8.78. The summed E-state index contributed by atoms with van der Waals surface area (Å²) in [6.45, 7) is 6.86. The van der Waals surface area contributed by atoms with Gasteiger partial charge in [0.2, 0.25) is 18.6 Å². The zero-order valence-corrected chi connectivity index (χ0v) is 18.2. The Kier molecular flexibility index (Phi) is 5.75. The maximum Gasteiger partial charge on any atom is 0.240 e. The number of aromatic nitrogens is 2. The molecule has 3 aliphatic rings. The summed E-state index contributed by atoms with van der Waals surface area (Å²) < 4.78 is 10.8. The zero-order valence-electron chi connectivity index (χ0n) is 18.2. The van der Waals surface area contributed by atoms with Crippen LogP contribution in [-0.2, 0) is 17.8 Å². The molecule has 2 aliphatic heterocycles. The summed E-state index contributed by atoms with van der Waals surface area (Å²) in [5, 5.41) is 2.79. The highest BCUT2D eigenvalue weighted by Gasteiger charge is 2.25. The molecule has 32 heavy (non-hydrogen) atoms. The highest BCUT2D eigenvalue weighted by atomic mass is 16.7. The predicted molar refractivity (Wildman–Crippen MR) is 117 cm³/mol. The van der Waals surface area contributed by atoms with Crippen molar-refractivity contribution in [3.05, 3.63) is 41.2 Å². The first kappa shape index (κ1) is 20.8. The van der Waals surface area contributed by atoms with Crippen molar-refractivity contribution in [1.82, 2.24) is 19.8 Å². The Morgan fingerprint density at radius 3 is 2.75 bits per heavy atom. The van der Waals surface area contributed by atoms with Crippen molar-refractivity contribution in [2.75, 3.05) is 44.8 Å². The van der Waals surface area contributed by atoms with Crippen LogP contribution in [0.1, 0.15) is 35.0 Å². The van der Waals surface area contributed by atoms with E-state index in [0.29, 0.717) is 18.5 Å². The van der Waals surface area contributed by atoms with Crippen LogP contribution in [0.25, 0.3) is 0 Å². The maximum absolute atomic E-state index is 12.5. The summed E-state index contributed by atoms with van der Waals surface area (Å²) in [6, 6.07) is 6.06. The lowest BCUT2D eigenvalue weighted by Crippen LogP contribution is -2.48. The number of fused-ring (bicyclic) bond motifs is 2. The molecule has 1 N–H and O–H groups in total. The lowest BCUT2D eigenvalue weighted by atomic mass is 9.88. The highest BCUT2D eigenvalue weighted by molar-refractivity contribution is 5.98. The number of anilines is 1. The van der Waals surface area contributed by atoms with Gasteiger partial charge in [-0.3, -0.25) is 24.7 Å². The predicted octanol–water partition coefficient (Wildman–Crippen LogP) is 1.73. The Morgan fingerprint density at radius 1 is 1.12 bits per heavy atom. The number of amides is 1. The third kappa shape index (κ3) is 4.58. The Morgan fingerprint density at radius 2 is 1.91 bits per heavy atom. The van der Waals surface area contributed by atoms with Gasteiger partial charge in [-0.1, -0.05) is 13.0 Å². The number of carbonyl (C=O) groups excluding carboxylic acids is 2. The van der Waals surface area contributed by atoms with E-state index in [4.69, 9.17) is 9.47 Å². The average Bonchev–Trinajstić information content (AvgIpc) is 3.22. The lowest BCUT2D eigenvalue weighted by molar-refractivity contribution is -0.117. The lowest BCUT2D eigenvalue weighted by Gasteiger charge is -2.34. The fourth-order valence-corrected chi connectivity index (χ4v) is 4.46. The van der Waals surface area contributed by atoms with Crippen LogP contribution in [0.3, 0.4) is 0 Å². The van der Waals surface area contributed by atoms with Gasteiger partial charge in [0.15, 0.2) is 17.3 Å². The number of Topliss-reactive ketones (excluding diaryl/α,β-unsaturated/α-hetero) is 1. The molecule has 9 nitrogen and oxygen atoms in total. The molecular formula is C23H27N5O4. The molecule has 1 amide bonds. The molecule has 1 aromatic carbocycles. The van der Waals surface area contributed by atoms with Crippen molar-refractivity contribution in [2.45, 2.75) is 26.3 Å². The minimum atomic E-state index is -0.135. The largest absolute Gasteiger partial charge is 0.454 e.